The van der Waals surface area contributed by atoms with Crippen LogP contribution in [0, 0.1) is 0 Å². The predicted octanol–water partition coefficient (Wildman–Crippen LogP) is 3.72. The van der Waals surface area contributed by atoms with Crippen LogP contribution in [0.15, 0.2) is 40.9 Å². The summed E-state index contributed by atoms with van der Waals surface area (Å²) in [6.07, 6.45) is 3.94. The average Bonchev–Trinajstić information content (AvgIpc) is 2.91. The van der Waals surface area contributed by atoms with Crippen LogP contribution in [0.4, 0.5) is 0 Å². The van der Waals surface area contributed by atoms with E-state index in [1.165, 1.54) is 25.8 Å². The minimum Gasteiger partial charge on any atom is -0.359 e. The fourth-order valence-electron chi connectivity index (χ4n) is 2.73. The van der Waals surface area contributed by atoms with E-state index in [2.05, 4.69) is 35.2 Å². The second-order valence-corrected chi connectivity index (χ2v) is 5.36. The minimum atomic E-state index is 0.652. The Balaban J connectivity index is 1.71. The smallest absolute Gasteiger partial charge is 0.151 e. The SMILES string of the molecule is CC1CCCCN1Cc1cc(-c2ccccc2)no1. The van der Waals surface area contributed by atoms with E-state index in [4.69, 9.17) is 4.52 Å². The van der Waals surface area contributed by atoms with Crippen LogP contribution in [0.2, 0.25) is 0 Å². The Labute approximate surface area is 114 Å². The van der Waals surface area contributed by atoms with Crippen molar-refractivity contribution in [3.63, 3.8) is 0 Å². The molecule has 2 heterocycles. The summed E-state index contributed by atoms with van der Waals surface area (Å²) in [5, 5.41) is 4.18. The fraction of sp³-hybridized carbons (Fsp3) is 0.438. The van der Waals surface area contributed by atoms with Gasteiger partial charge in [0.2, 0.25) is 0 Å². The summed E-state index contributed by atoms with van der Waals surface area (Å²) in [4.78, 5) is 2.48. The first kappa shape index (κ1) is 12.4. The van der Waals surface area contributed by atoms with Gasteiger partial charge in [-0.1, -0.05) is 41.9 Å². The lowest BCUT2D eigenvalue weighted by Gasteiger charge is -2.32. The van der Waals surface area contributed by atoms with Gasteiger partial charge in [-0.15, -0.1) is 0 Å². The van der Waals surface area contributed by atoms with Crippen molar-refractivity contribution >= 4 is 0 Å². The number of piperidine rings is 1. The summed E-state index contributed by atoms with van der Waals surface area (Å²) in [5.74, 6) is 0.965. The lowest BCUT2D eigenvalue weighted by atomic mass is 10.0. The van der Waals surface area contributed by atoms with Crippen molar-refractivity contribution < 1.29 is 4.52 Å². The molecule has 1 aliphatic rings. The molecule has 0 saturated carbocycles. The highest BCUT2D eigenvalue weighted by Crippen LogP contribution is 2.22. The molecule has 0 amide bonds. The number of hydrogen-bond acceptors (Lipinski definition) is 3. The molecule has 0 N–H and O–H groups in total. The molecule has 1 atom stereocenters. The fourth-order valence-corrected chi connectivity index (χ4v) is 2.73. The molecule has 0 aliphatic carbocycles. The van der Waals surface area contributed by atoms with Crippen LogP contribution in [0.5, 0.6) is 0 Å². The zero-order valence-electron chi connectivity index (χ0n) is 11.4. The summed E-state index contributed by atoms with van der Waals surface area (Å²) >= 11 is 0. The standard InChI is InChI=1S/C16H20N2O/c1-13-7-5-6-10-18(13)12-15-11-16(17-19-15)14-8-3-2-4-9-14/h2-4,8-9,11,13H,5-7,10,12H2,1H3. The van der Waals surface area contributed by atoms with Gasteiger partial charge in [-0.25, -0.2) is 0 Å². The van der Waals surface area contributed by atoms with E-state index in [0.717, 1.165) is 23.6 Å². The van der Waals surface area contributed by atoms with Gasteiger partial charge in [0.25, 0.3) is 0 Å². The Bertz CT molecular complexity index is 521. The molecule has 2 aromatic rings. The van der Waals surface area contributed by atoms with Crippen LogP contribution in [-0.4, -0.2) is 22.6 Å². The van der Waals surface area contributed by atoms with Gasteiger partial charge in [0, 0.05) is 17.7 Å². The minimum absolute atomic E-state index is 0.652. The second kappa shape index (κ2) is 5.57. The maximum atomic E-state index is 5.48. The second-order valence-electron chi connectivity index (χ2n) is 5.36. The van der Waals surface area contributed by atoms with Gasteiger partial charge in [0.15, 0.2) is 5.76 Å². The molecule has 0 bridgehead atoms. The molecule has 1 saturated heterocycles. The summed E-state index contributed by atoms with van der Waals surface area (Å²) in [5.41, 5.74) is 2.05. The van der Waals surface area contributed by atoms with Crippen molar-refractivity contribution in [1.82, 2.24) is 10.1 Å². The van der Waals surface area contributed by atoms with Gasteiger partial charge in [-0.2, -0.15) is 0 Å². The number of rotatable bonds is 3. The van der Waals surface area contributed by atoms with Gasteiger partial charge in [0.1, 0.15) is 5.69 Å². The van der Waals surface area contributed by atoms with Crippen LogP contribution in [0.3, 0.4) is 0 Å². The van der Waals surface area contributed by atoms with Crippen molar-refractivity contribution in [2.45, 2.75) is 38.8 Å². The lowest BCUT2D eigenvalue weighted by Crippen LogP contribution is -2.36. The van der Waals surface area contributed by atoms with E-state index in [9.17, 15) is 0 Å². The molecule has 3 nitrogen and oxygen atoms in total. The van der Waals surface area contributed by atoms with Gasteiger partial charge in [0.05, 0.1) is 6.54 Å². The monoisotopic (exact) mass is 256 g/mol. The quantitative estimate of drug-likeness (QED) is 0.838. The largest absolute Gasteiger partial charge is 0.359 e. The molecule has 0 spiro atoms. The number of benzene rings is 1. The van der Waals surface area contributed by atoms with Crippen LogP contribution < -0.4 is 0 Å². The van der Waals surface area contributed by atoms with E-state index in [-0.39, 0.29) is 0 Å². The Morgan fingerprint density at radius 2 is 2.11 bits per heavy atom. The van der Waals surface area contributed by atoms with E-state index >= 15 is 0 Å². The molecule has 1 aliphatic heterocycles. The van der Waals surface area contributed by atoms with Crippen molar-refractivity contribution in [1.29, 1.82) is 0 Å². The average molecular weight is 256 g/mol. The van der Waals surface area contributed by atoms with Crippen molar-refractivity contribution in [2.24, 2.45) is 0 Å². The number of hydrogen-bond donors (Lipinski definition) is 0. The molecular formula is C16H20N2O. The third-order valence-corrected chi connectivity index (χ3v) is 3.93. The van der Waals surface area contributed by atoms with Crippen LogP contribution in [0.25, 0.3) is 11.3 Å². The lowest BCUT2D eigenvalue weighted by molar-refractivity contribution is 0.137. The molecule has 19 heavy (non-hydrogen) atoms. The highest BCUT2D eigenvalue weighted by atomic mass is 16.5. The van der Waals surface area contributed by atoms with E-state index in [0.29, 0.717) is 6.04 Å². The van der Waals surface area contributed by atoms with E-state index in [1.807, 2.05) is 18.2 Å². The van der Waals surface area contributed by atoms with Gasteiger partial charge < -0.3 is 4.52 Å². The molecule has 1 aromatic carbocycles. The number of likely N-dealkylation sites (tertiary alicyclic amines) is 1. The highest BCUT2D eigenvalue weighted by Gasteiger charge is 2.20. The molecule has 1 fully saturated rings. The maximum absolute atomic E-state index is 5.48. The van der Waals surface area contributed by atoms with Gasteiger partial charge >= 0.3 is 0 Å². The topological polar surface area (TPSA) is 29.3 Å². The highest BCUT2D eigenvalue weighted by molar-refractivity contribution is 5.58. The van der Waals surface area contributed by atoms with Gasteiger partial charge in [-0.05, 0) is 26.3 Å². The van der Waals surface area contributed by atoms with Crippen molar-refractivity contribution in [3.8, 4) is 11.3 Å². The zero-order valence-corrected chi connectivity index (χ0v) is 11.4. The number of nitrogens with zero attached hydrogens (tertiary/aromatic N) is 2. The third kappa shape index (κ3) is 2.87. The van der Waals surface area contributed by atoms with E-state index < -0.39 is 0 Å². The Hall–Kier alpha value is -1.61. The maximum Gasteiger partial charge on any atom is 0.151 e. The first-order valence-electron chi connectivity index (χ1n) is 7.08. The summed E-state index contributed by atoms with van der Waals surface area (Å²) < 4.78 is 5.48. The van der Waals surface area contributed by atoms with Crippen LogP contribution in [-0.2, 0) is 6.54 Å². The molecule has 3 rings (SSSR count). The van der Waals surface area contributed by atoms with Crippen molar-refractivity contribution in [3.05, 3.63) is 42.2 Å². The summed E-state index contributed by atoms with van der Waals surface area (Å²) in [6.45, 7) is 4.34. The molecule has 3 heteroatoms. The summed E-state index contributed by atoms with van der Waals surface area (Å²) in [7, 11) is 0. The van der Waals surface area contributed by atoms with E-state index in [1.54, 1.807) is 0 Å². The Morgan fingerprint density at radius 1 is 1.26 bits per heavy atom. The Morgan fingerprint density at radius 3 is 2.89 bits per heavy atom. The van der Waals surface area contributed by atoms with Crippen LogP contribution in [0.1, 0.15) is 31.9 Å². The molecule has 1 unspecified atom stereocenters. The Kier molecular flexibility index (Phi) is 3.65. The van der Waals surface area contributed by atoms with Gasteiger partial charge in [-0.3, -0.25) is 4.90 Å². The normalized spacial score (nSPS) is 20.6. The predicted molar refractivity (Wildman–Crippen MR) is 75.7 cm³/mol. The summed E-state index contributed by atoms with van der Waals surface area (Å²) in [6, 6.07) is 12.9. The first-order valence-corrected chi connectivity index (χ1v) is 7.08. The first-order chi connectivity index (χ1) is 9.33. The molecular weight excluding hydrogens is 236 g/mol. The van der Waals surface area contributed by atoms with Crippen molar-refractivity contribution in [2.75, 3.05) is 6.54 Å². The molecule has 0 radical (unpaired) electrons. The number of aromatic nitrogens is 1. The zero-order chi connectivity index (χ0) is 13.1. The molecule has 100 valence electrons. The third-order valence-electron chi connectivity index (χ3n) is 3.93. The molecule has 1 aromatic heterocycles. The van der Waals surface area contributed by atoms with Crippen LogP contribution >= 0.6 is 0 Å².